The van der Waals surface area contributed by atoms with Crippen LogP contribution in [0.25, 0.3) is 22.9 Å². The van der Waals surface area contributed by atoms with Crippen LogP contribution in [-0.4, -0.2) is 5.79 Å². The zero-order chi connectivity index (χ0) is 19.0. The van der Waals surface area contributed by atoms with Crippen LogP contribution in [0.4, 0.5) is 0 Å². The van der Waals surface area contributed by atoms with Crippen molar-refractivity contribution in [3.8, 4) is 11.5 Å². The highest BCUT2D eigenvalue weighted by atomic mass is 16.7. The van der Waals surface area contributed by atoms with Gasteiger partial charge in [-0.1, -0.05) is 68.3 Å². The Morgan fingerprint density at radius 2 is 1.64 bits per heavy atom. The van der Waals surface area contributed by atoms with E-state index in [1.807, 2.05) is 12.1 Å². The van der Waals surface area contributed by atoms with E-state index in [1.54, 1.807) is 0 Å². The van der Waals surface area contributed by atoms with Gasteiger partial charge in [-0.3, -0.25) is 0 Å². The van der Waals surface area contributed by atoms with Crippen LogP contribution >= 0.6 is 0 Å². The minimum absolute atomic E-state index is 0.850. The van der Waals surface area contributed by atoms with E-state index in [-0.39, 0.29) is 0 Å². The zero-order valence-corrected chi connectivity index (χ0v) is 16.2. The molecule has 0 bridgehead atoms. The van der Waals surface area contributed by atoms with Gasteiger partial charge in [0.25, 0.3) is 5.79 Å². The van der Waals surface area contributed by atoms with Gasteiger partial charge in [0.05, 0.1) is 0 Å². The number of benzene rings is 3. The largest absolute Gasteiger partial charge is 0.444 e. The second-order valence-corrected chi connectivity index (χ2v) is 7.57. The molecule has 1 spiro atoms. The fourth-order valence-corrected chi connectivity index (χ4v) is 4.18. The van der Waals surface area contributed by atoms with Gasteiger partial charge in [-0.05, 0) is 47.9 Å². The van der Waals surface area contributed by atoms with Crippen LogP contribution in [0.1, 0.15) is 43.7 Å². The normalized spacial score (nSPS) is 19.5. The molecule has 2 aliphatic heterocycles. The molecular weight excluding hydrogens is 344 g/mol. The van der Waals surface area contributed by atoms with Gasteiger partial charge in [-0.2, -0.15) is 0 Å². The van der Waals surface area contributed by atoms with Crippen molar-refractivity contribution in [2.45, 2.75) is 38.4 Å². The average molecular weight is 368 g/mol. The summed E-state index contributed by atoms with van der Waals surface area (Å²) in [7, 11) is 0. The Morgan fingerprint density at radius 3 is 2.57 bits per heavy atom. The Kier molecular flexibility index (Phi) is 4.20. The van der Waals surface area contributed by atoms with E-state index in [0.29, 0.717) is 0 Å². The number of unbranched alkanes of at least 4 members (excludes halogenated alkanes) is 2. The highest BCUT2D eigenvalue weighted by Crippen LogP contribution is 2.44. The first-order chi connectivity index (χ1) is 13.8. The molecule has 0 radical (unpaired) electrons. The molecule has 1 atom stereocenters. The van der Waals surface area contributed by atoms with Crippen molar-refractivity contribution < 1.29 is 9.47 Å². The van der Waals surface area contributed by atoms with E-state index in [2.05, 4.69) is 73.7 Å². The van der Waals surface area contributed by atoms with Crippen LogP contribution in [0.15, 0.2) is 72.3 Å². The lowest BCUT2D eigenvalue weighted by Crippen LogP contribution is -2.45. The van der Waals surface area contributed by atoms with E-state index < -0.39 is 5.79 Å². The molecule has 0 N–H and O–H groups in total. The Balaban J connectivity index is 1.59. The summed E-state index contributed by atoms with van der Waals surface area (Å²) in [5, 5.41) is 2.43. The van der Waals surface area contributed by atoms with Crippen LogP contribution in [-0.2, 0) is 0 Å². The number of para-hydroxylation sites is 1. The van der Waals surface area contributed by atoms with Gasteiger partial charge in [0, 0.05) is 22.8 Å². The van der Waals surface area contributed by atoms with Gasteiger partial charge in [-0.25, -0.2) is 0 Å². The maximum atomic E-state index is 6.59. The lowest BCUT2D eigenvalue weighted by Gasteiger charge is -2.40. The van der Waals surface area contributed by atoms with E-state index in [4.69, 9.17) is 9.47 Å². The second kappa shape index (κ2) is 6.87. The van der Waals surface area contributed by atoms with E-state index in [0.717, 1.165) is 35.5 Å². The van der Waals surface area contributed by atoms with Crippen molar-refractivity contribution in [3.63, 3.8) is 0 Å². The SMILES string of the molecule is CCCCCC1=Cc2ccccc2OC12C=Cc1c(ccc3ccccc13)O2. The molecule has 140 valence electrons. The molecule has 2 aliphatic rings. The third-order valence-electron chi connectivity index (χ3n) is 5.67. The molecular formula is C26H24O2. The Morgan fingerprint density at radius 1 is 0.821 bits per heavy atom. The van der Waals surface area contributed by atoms with Crippen molar-refractivity contribution in [1.29, 1.82) is 0 Å². The Bertz CT molecular complexity index is 1090. The maximum Gasteiger partial charge on any atom is 0.294 e. The van der Waals surface area contributed by atoms with Crippen molar-refractivity contribution in [2.75, 3.05) is 0 Å². The molecule has 0 amide bonds. The Hall–Kier alpha value is -3.00. The second-order valence-electron chi connectivity index (χ2n) is 7.57. The molecule has 0 fully saturated rings. The molecule has 1 unspecified atom stereocenters. The summed E-state index contributed by atoms with van der Waals surface area (Å²) in [5.74, 6) is 0.898. The van der Waals surface area contributed by atoms with Crippen molar-refractivity contribution >= 4 is 22.9 Å². The van der Waals surface area contributed by atoms with Gasteiger partial charge < -0.3 is 9.47 Å². The monoisotopic (exact) mass is 368 g/mol. The molecule has 3 aromatic rings. The first-order valence-corrected chi connectivity index (χ1v) is 10.2. The number of fused-ring (bicyclic) bond motifs is 4. The highest BCUT2D eigenvalue weighted by molar-refractivity contribution is 5.94. The summed E-state index contributed by atoms with van der Waals surface area (Å²) in [6.45, 7) is 2.23. The Labute approximate surface area is 166 Å². The number of ether oxygens (including phenoxy) is 2. The summed E-state index contributed by atoms with van der Waals surface area (Å²) in [4.78, 5) is 0. The van der Waals surface area contributed by atoms with E-state index in [9.17, 15) is 0 Å². The summed E-state index contributed by atoms with van der Waals surface area (Å²) < 4.78 is 13.1. The minimum atomic E-state index is -0.850. The summed E-state index contributed by atoms with van der Waals surface area (Å²) in [6, 6.07) is 20.8. The minimum Gasteiger partial charge on any atom is -0.444 e. The van der Waals surface area contributed by atoms with Gasteiger partial charge >= 0.3 is 0 Å². The predicted molar refractivity (Wildman–Crippen MR) is 116 cm³/mol. The van der Waals surface area contributed by atoms with E-state index in [1.165, 1.54) is 29.2 Å². The van der Waals surface area contributed by atoms with Crippen molar-refractivity contribution in [2.24, 2.45) is 0 Å². The van der Waals surface area contributed by atoms with Crippen LogP contribution < -0.4 is 9.47 Å². The molecule has 3 aromatic carbocycles. The lowest BCUT2D eigenvalue weighted by molar-refractivity contribution is -0.0437. The zero-order valence-electron chi connectivity index (χ0n) is 16.2. The first kappa shape index (κ1) is 17.1. The predicted octanol–water partition coefficient (Wildman–Crippen LogP) is 7.00. The van der Waals surface area contributed by atoms with Crippen LogP contribution in [0.3, 0.4) is 0 Å². The van der Waals surface area contributed by atoms with Gasteiger partial charge in [0.15, 0.2) is 0 Å². The lowest BCUT2D eigenvalue weighted by atomic mass is 9.90. The molecule has 0 saturated heterocycles. The topological polar surface area (TPSA) is 18.5 Å². The molecule has 2 heterocycles. The van der Waals surface area contributed by atoms with Crippen LogP contribution in [0.5, 0.6) is 11.5 Å². The molecule has 0 aliphatic carbocycles. The standard InChI is InChI=1S/C26H24O2/c1-2-3-4-11-21-18-20-10-6-8-13-24(20)27-26(21)17-16-23-22-12-7-5-9-19(22)14-15-25(23)28-26/h5-10,12-18H,2-4,11H2,1H3. The van der Waals surface area contributed by atoms with Crippen molar-refractivity contribution in [3.05, 3.63) is 83.4 Å². The number of rotatable bonds is 4. The van der Waals surface area contributed by atoms with Crippen molar-refractivity contribution in [1.82, 2.24) is 0 Å². The van der Waals surface area contributed by atoms with Gasteiger partial charge in [0.1, 0.15) is 11.5 Å². The highest BCUT2D eigenvalue weighted by Gasteiger charge is 2.42. The van der Waals surface area contributed by atoms with Gasteiger partial charge in [-0.15, -0.1) is 0 Å². The molecule has 2 nitrogen and oxygen atoms in total. The smallest absolute Gasteiger partial charge is 0.294 e. The number of hydrogen-bond acceptors (Lipinski definition) is 2. The van der Waals surface area contributed by atoms with E-state index >= 15 is 0 Å². The molecule has 0 aromatic heterocycles. The summed E-state index contributed by atoms with van der Waals surface area (Å²) >= 11 is 0. The fraction of sp³-hybridized carbons (Fsp3) is 0.231. The maximum absolute atomic E-state index is 6.59. The van der Waals surface area contributed by atoms with Crippen LogP contribution in [0.2, 0.25) is 0 Å². The molecule has 2 heteroatoms. The number of hydrogen-bond donors (Lipinski definition) is 0. The quantitative estimate of drug-likeness (QED) is 0.462. The van der Waals surface area contributed by atoms with Gasteiger partial charge in [0.2, 0.25) is 0 Å². The average Bonchev–Trinajstić information content (AvgIpc) is 2.74. The third kappa shape index (κ3) is 2.80. The summed E-state index contributed by atoms with van der Waals surface area (Å²) in [5.41, 5.74) is 3.44. The van der Waals surface area contributed by atoms with Crippen LogP contribution in [0, 0.1) is 0 Å². The first-order valence-electron chi connectivity index (χ1n) is 10.2. The fourth-order valence-electron chi connectivity index (χ4n) is 4.18. The summed E-state index contributed by atoms with van der Waals surface area (Å²) in [6.07, 6.45) is 11.0. The molecule has 0 saturated carbocycles. The molecule has 5 rings (SSSR count). The molecule has 28 heavy (non-hydrogen) atoms. The third-order valence-corrected chi connectivity index (χ3v) is 5.67.